The molecule has 0 bridgehead atoms. The number of hydrogen-bond acceptors (Lipinski definition) is 7. The van der Waals surface area contributed by atoms with Crippen LogP contribution in [0.4, 0.5) is 15.9 Å². The van der Waals surface area contributed by atoms with Gasteiger partial charge in [-0.2, -0.15) is 0 Å². The van der Waals surface area contributed by atoms with Crippen molar-refractivity contribution in [1.29, 1.82) is 0 Å². The van der Waals surface area contributed by atoms with Crippen molar-refractivity contribution in [1.82, 2.24) is 24.8 Å². The second kappa shape index (κ2) is 9.75. The monoisotopic (exact) mass is 493 g/mol. The molecule has 0 spiro atoms. The fraction of sp³-hybridized carbons (Fsp3) is 0.0741. The maximum atomic E-state index is 15.2. The van der Waals surface area contributed by atoms with Crippen molar-refractivity contribution in [2.45, 2.75) is 13.8 Å². The Labute approximate surface area is 211 Å². The van der Waals surface area contributed by atoms with Crippen molar-refractivity contribution in [3.8, 4) is 45.9 Å². The molecule has 182 valence electrons. The number of rotatable bonds is 5. The number of anilines is 2. The molecule has 2 aromatic carbocycles. The molecule has 0 unspecified atom stereocenters. The van der Waals surface area contributed by atoms with Crippen LogP contribution in [-0.4, -0.2) is 30.7 Å². The highest BCUT2D eigenvalue weighted by atomic mass is 19.1. The number of ether oxygens (including phenoxy) is 1. The molecule has 5 rings (SSSR count). The van der Waals surface area contributed by atoms with E-state index < -0.39 is 11.7 Å². The molecule has 0 aliphatic rings. The zero-order valence-electron chi connectivity index (χ0n) is 19.9. The van der Waals surface area contributed by atoms with Crippen LogP contribution in [0.1, 0.15) is 12.6 Å². The van der Waals surface area contributed by atoms with Crippen LogP contribution in [0.3, 0.4) is 0 Å². The smallest absolute Gasteiger partial charge is 0.300 e. The minimum absolute atomic E-state index is 0.0272. The lowest BCUT2D eigenvalue weighted by molar-refractivity contribution is -0.111. The highest BCUT2D eigenvalue weighted by molar-refractivity contribution is 6.04. The summed E-state index contributed by atoms with van der Waals surface area (Å²) in [5.74, 6) is 4.49. The number of amides is 1. The number of nitrogen functional groups attached to an aromatic ring is 1. The maximum absolute atomic E-state index is 15.2. The summed E-state index contributed by atoms with van der Waals surface area (Å²) in [5, 5.41) is 11.4. The van der Waals surface area contributed by atoms with E-state index in [1.165, 1.54) is 23.1 Å². The zero-order chi connectivity index (χ0) is 25.9. The highest BCUT2D eigenvalue weighted by Crippen LogP contribution is 2.38. The summed E-state index contributed by atoms with van der Waals surface area (Å²) in [6.45, 7) is 3.41. The quantitative estimate of drug-likeness (QED) is 0.342. The summed E-state index contributed by atoms with van der Waals surface area (Å²) in [6, 6.07) is 16.8. The van der Waals surface area contributed by atoms with Gasteiger partial charge in [0.25, 0.3) is 5.91 Å². The maximum Gasteiger partial charge on any atom is 0.300 e. The molecule has 3 heterocycles. The summed E-state index contributed by atoms with van der Waals surface area (Å²) in [4.78, 5) is 20.1. The third kappa shape index (κ3) is 4.78. The molecule has 0 saturated carbocycles. The Balaban J connectivity index is 1.57. The largest absolute Gasteiger partial charge is 0.436 e. The lowest BCUT2D eigenvalue weighted by Gasteiger charge is -2.10. The lowest BCUT2D eigenvalue weighted by atomic mass is 9.99. The van der Waals surface area contributed by atoms with E-state index in [0.717, 1.165) is 5.69 Å². The number of nitrogens with two attached hydrogens (primary N) is 1. The number of nitrogens with one attached hydrogen (secondary N) is 1. The Kier molecular flexibility index (Phi) is 6.18. The molecule has 1 amide bonds. The van der Waals surface area contributed by atoms with Gasteiger partial charge in [0.1, 0.15) is 17.5 Å². The molecule has 0 saturated heterocycles. The number of carbonyl (C=O) groups is 1. The Morgan fingerprint density at radius 3 is 2.62 bits per heavy atom. The van der Waals surface area contributed by atoms with Crippen LogP contribution in [0.15, 0.2) is 67.0 Å². The van der Waals surface area contributed by atoms with Gasteiger partial charge in [0.2, 0.25) is 5.88 Å². The fourth-order valence-corrected chi connectivity index (χ4v) is 3.81. The van der Waals surface area contributed by atoms with Gasteiger partial charge in [-0.1, -0.05) is 30.2 Å². The molecule has 0 fully saturated rings. The number of carbonyl (C=O) groups excluding carboxylic acids is 1. The van der Waals surface area contributed by atoms with Gasteiger partial charge in [0.05, 0.1) is 0 Å². The van der Waals surface area contributed by atoms with Crippen molar-refractivity contribution in [3.05, 3.63) is 78.5 Å². The molecular weight excluding hydrogens is 473 g/mol. The Morgan fingerprint density at radius 2 is 1.89 bits per heavy atom. The second-order valence-corrected chi connectivity index (χ2v) is 7.98. The molecule has 0 radical (unpaired) electrons. The summed E-state index contributed by atoms with van der Waals surface area (Å²) in [5.41, 5.74) is 10.2. The second-order valence-electron chi connectivity index (χ2n) is 7.98. The Hall–Kier alpha value is -5.30. The summed E-state index contributed by atoms with van der Waals surface area (Å²) >= 11 is 0. The lowest BCUT2D eigenvalue weighted by Crippen LogP contribution is -2.07. The average Bonchev–Trinajstić information content (AvgIpc) is 3.27. The number of benzene rings is 2. The third-order valence-corrected chi connectivity index (χ3v) is 5.42. The van der Waals surface area contributed by atoms with Gasteiger partial charge in [-0.25, -0.2) is 14.4 Å². The Morgan fingerprint density at radius 1 is 1.11 bits per heavy atom. The van der Waals surface area contributed by atoms with Crippen LogP contribution in [0.5, 0.6) is 11.6 Å². The van der Waals surface area contributed by atoms with E-state index in [0.29, 0.717) is 33.6 Å². The first-order valence-corrected chi connectivity index (χ1v) is 11.2. The van der Waals surface area contributed by atoms with Crippen LogP contribution >= 0.6 is 0 Å². The van der Waals surface area contributed by atoms with Gasteiger partial charge in [-0.3, -0.25) is 4.79 Å². The number of nitrogens with zero attached hydrogens (tertiary/aromatic N) is 5. The van der Waals surface area contributed by atoms with Crippen LogP contribution in [0.2, 0.25) is 0 Å². The summed E-state index contributed by atoms with van der Waals surface area (Å²) < 4.78 is 22.2. The predicted molar refractivity (Wildman–Crippen MR) is 137 cm³/mol. The first-order chi connectivity index (χ1) is 17.9. The predicted octanol–water partition coefficient (Wildman–Crippen LogP) is 4.64. The van der Waals surface area contributed by atoms with Crippen LogP contribution in [-0.2, 0) is 4.79 Å². The van der Waals surface area contributed by atoms with Crippen LogP contribution in [0, 0.1) is 24.6 Å². The molecule has 9 nitrogen and oxygen atoms in total. The first-order valence-electron chi connectivity index (χ1n) is 11.2. The van der Waals surface area contributed by atoms with Crippen LogP contribution < -0.4 is 15.8 Å². The molecule has 0 aliphatic carbocycles. The zero-order valence-corrected chi connectivity index (χ0v) is 19.9. The SMILES string of the molecule is CC#CC(=O)Nc1ccc(-c2nn3ncnc(N)c3c2-c2ccc(Oc3cccc(C)n3)c(F)c2)cc1. The number of aromatic nitrogens is 5. The topological polar surface area (TPSA) is 120 Å². The van der Waals surface area contributed by atoms with E-state index in [2.05, 4.69) is 37.3 Å². The minimum Gasteiger partial charge on any atom is -0.436 e. The molecule has 0 aliphatic heterocycles. The van der Waals surface area contributed by atoms with E-state index in [1.807, 2.05) is 13.0 Å². The molecule has 5 aromatic rings. The number of aryl methyl sites for hydroxylation is 1. The average molecular weight is 494 g/mol. The van der Waals surface area contributed by atoms with E-state index in [-0.39, 0.29) is 17.4 Å². The van der Waals surface area contributed by atoms with E-state index in [9.17, 15) is 4.79 Å². The molecule has 10 heteroatoms. The third-order valence-electron chi connectivity index (χ3n) is 5.42. The van der Waals surface area contributed by atoms with Crippen molar-refractivity contribution >= 4 is 22.9 Å². The molecule has 3 aromatic heterocycles. The van der Waals surface area contributed by atoms with Gasteiger partial charge < -0.3 is 15.8 Å². The molecule has 37 heavy (non-hydrogen) atoms. The van der Waals surface area contributed by atoms with E-state index in [1.54, 1.807) is 49.4 Å². The van der Waals surface area contributed by atoms with Crippen molar-refractivity contribution in [2.75, 3.05) is 11.1 Å². The molecule has 3 N–H and O–H groups in total. The van der Waals surface area contributed by atoms with E-state index in [4.69, 9.17) is 10.5 Å². The van der Waals surface area contributed by atoms with E-state index >= 15 is 4.39 Å². The number of halogens is 1. The van der Waals surface area contributed by atoms with Gasteiger partial charge in [0.15, 0.2) is 17.4 Å². The van der Waals surface area contributed by atoms with Crippen LogP contribution in [0.25, 0.3) is 27.9 Å². The molecule has 0 atom stereocenters. The normalized spacial score (nSPS) is 10.6. The number of fused-ring (bicyclic) bond motifs is 1. The summed E-state index contributed by atoms with van der Waals surface area (Å²) in [6.07, 6.45) is 1.29. The van der Waals surface area contributed by atoms with Crippen molar-refractivity contribution in [2.24, 2.45) is 0 Å². The van der Waals surface area contributed by atoms with Gasteiger partial charge in [0, 0.05) is 28.6 Å². The highest BCUT2D eigenvalue weighted by Gasteiger charge is 2.21. The minimum atomic E-state index is -0.586. The van der Waals surface area contributed by atoms with Crippen molar-refractivity contribution < 1.29 is 13.9 Å². The number of hydrogen-bond donors (Lipinski definition) is 2. The first kappa shape index (κ1) is 23.4. The van der Waals surface area contributed by atoms with Crippen molar-refractivity contribution in [3.63, 3.8) is 0 Å². The standard InChI is InChI=1S/C27H20FN7O2/c1-3-5-22(36)33-19-11-8-17(9-12-19)25-24(26-27(29)30-15-31-35(26)34-25)18-10-13-21(20(28)14-18)37-23-7-4-6-16(2)32-23/h4,6-15H,1-2H3,(H,33,36)(H2,29,30,31). The number of pyridine rings is 1. The Bertz CT molecular complexity index is 1700. The van der Waals surface area contributed by atoms with Gasteiger partial charge >= 0.3 is 0 Å². The van der Waals surface area contributed by atoms with Gasteiger partial charge in [-0.15, -0.1) is 14.8 Å². The fourth-order valence-electron chi connectivity index (χ4n) is 3.81. The van der Waals surface area contributed by atoms with Gasteiger partial charge in [-0.05, 0) is 55.7 Å². The molecular formula is C27H20FN7O2. The summed E-state index contributed by atoms with van der Waals surface area (Å²) in [7, 11) is 0.